The van der Waals surface area contributed by atoms with Crippen molar-refractivity contribution in [1.82, 2.24) is 0 Å². The van der Waals surface area contributed by atoms with Gasteiger partial charge in [0.2, 0.25) is 0 Å². The summed E-state index contributed by atoms with van der Waals surface area (Å²) in [5.41, 5.74) is 0. The summed E-state index contributed by atoms with van der Waals surface area (Å²) < 4.78 is 0. The van der Waals surface area contributed by atoms with Crippen molar-refractivity contribution in [2.75, 3.05) is 0 Å². The first-order valence-corrected chi connectivity index (χ1v) is 7.57. The molecule has 2 aliphatic heterocycles. The van der Waals surface area contributed by atoms with Crippen molar-refractivity contribution in [3.05, 3.63) is 57.0 Å². The molecule has 0 aromatic carbocycles. The molecule has 2 aliphatic rings. The molecule has 0 spiro atoms. The Balaban J connectivity index is 0.000000206. The Morgan fingerprint density at radius 3 is 1.00 bits per heavy atom. The molecule has 0 atom stereocenters. The third-order valence-corrected chi connectivity index (χ3v) is 3.71. The van der Waals surface area contributed by atoms with Crippen LogP contribution in [-0.2, 0) is 17.1 Å². The maximum Gasteiger partial charge on any atom is 2.00 e. The summed E-state index contributed by atoms with van der Waals surface area (Å²) in [6.45, 7) is 0. The quantitative estimate of drug-likeness (QED) is 0.465. The van der Waals surface area contributed by atoms with Gasteiger partial charge in [0.05, 0.1) is 0 Å². The summed E-state index contributed by atoms with van der Waals surface area (Å²) in [5, 5.41) is 0. The van der Waals surface area contributed by atoms with Crippen LogP contribution in [0.25, 0.3) is 0 Å². The first kappa shape index (κ1) is 13.3. The Hall–Kier alpha value is 0.258. The van der Waals surface area contributed by atoms with E-state index in [4.69, 9.17) is 0 Å². The molecule has 0 unspecified atom stereocenters. The van der Waals surface area contributed by atoms with E-state index in [9.17, 15) is 0 Å². The molecule has 0 aromatic heterocycles. The van der Waals surface area contributed by atoms with E-state index in [1.165, 1.54) is 0 Å². The van der Waals surface area contributed by atoms with Gasteiger partial charge in [-0.2, -0.15) is 0 Å². The molecule has 1 radical (unpaired) electrons. The van der Waals surface area contributed by atoms with Gasteiger partial charge in [0.15, 0.2) is 0 Å². The molecule has 69 valence electrons. The van der Waals surface area contributed by atoms with Crippen molar-refractivity contribution in [3.63, 3.8) is 0 Å². The maximum atomic E-state index is 2.19. The first-order valence-electron chi connectivity index (χ1n) is 3.61. The van der Waals surface area contributed by atoms with Crippen LogP contribution >= 0.6 is 0 Å². The van der Waals surface area contributed by atoms with Gasteiger partial charge in [-0.05, 0) is 0 Å². The predicted octanol–water partition coefficient (Wildman–Crippen LogP) is 1.87. The van der Waals surface area contributed by atoms with Crippen molar-refractivity contribution >= 4 is 29.9 Å². The molecule has 0 aromatic rings. The van der Waals surface area contributed by atoms with Gasteiger partial charge >= 0.3 is 104 Å². The third-order valence-electron chi connectivity index (χ3n) is 1.07. The number of rotatable bonds is 0. The summed E-state index contributed by atoms with van der Waals surface area (Å²) >= 11 is 1.32. The number of allylic oxidation sites excluding steroid dienone is 4. The normalized spacial score (nSPS) is 16.0. The van der Waals surface area contributed by atoms with Crippen molar-refractivity contribution in [2.24, 2.45) is 0 Å². The molecule has 0 nitrogen and oxygen atoms in total. The van der Waals surface area contributed by atoms with Crippen LogP contribution in [0.5, 0.6) is 0 Å². The second-order valence-electron chi connectivity index (χ2n) is 1.97. The van der Waals surface area contributed by atoms with Gasteiger partial charge in [0, 0.05) is 0 Å². The van der Waals surface area contributed by atoms with Gasteiger partial charge < -0.3 is 0 Å². The minimum Gasteiger partial charge on any atom is 2.00 e. The fourth-order valence-electron chi connectivity index (χ4n) is 0.582. The standard InChI is InChI=1S/2C5H5Se.Mn/c2*1-2-4-6-5-3-1;/h2*1-5H;/q2*-1;+2. The predicted molar refractivity (Wildman–Crippen MR) is 56.7 cm³/mol. The van der Waals surface area contributed by atoms with Crippen LogP contribution in [0.15, 0.2) is 44.2 Å². The van der Waals surface area contributed by atoms with Crippen LogP contribution in [0.2, 0.25) is 0 Å². The van der Waals surface area contributed by atoms with Gasteiger partial charge in [-0.15, -0.1) is 0 Å². The minimum atomic E-state index is 0. The average molecular weight is 343 g/mol. The second kappa shape index (κ2) is 10.3. The Morgan fingerprint density at radius 1 is 0.615 bits per heavy atom. The molecule has 2 heterocycles. The average Bonchev–Trinajstić information content (AvgIpc) is 2.24. The zero-order valence-corrected chi connectivity index (χ0v) is 11.6. The van der Waals surface area contributed by atoms with E-state index in [0.29, 0.717) is 29.9 Å². The molecule has 2 rings (SSSR count). The SMILES string of the molecule is C1=C[Se]C=C[CH-]1.C1=C[Se]C=C[CH-]1.[Mn+2]. The third kappa shape index (κ3) is 8.58. The number of hydrogen-bond donors (Lipinski definition) is 0. The van der Waals surface area contributed by atoms with Crippen LogP contribution in [-0.4, -0.2) is 29.9 Å². The van der Waals surface area contributed by atoms with Gasteiger partial charge in [-0.1, -0.05) is 0 Å². The Morgan fingerprint density at radius 2 is 0.923 bits per heavy atom. The van der Waals surface area contributed by atoms with Crippen LogP contribution in [0, 0.1) is 12.8 Å². The van der Waals surface area contributed by atoms with E-state index >= 15 is 0 Å². The van der Waals surface area contributed by atoms with Crippen LogP contribution in [0.1, 0.15) is 0 Å². The second-order valence-corrected chi connectivity index (χ2v) is 5.40. The summed E-state index contributed by atoms with van der Waals surface area (Å²) in [7, 11) is 0. The topological polar surface area (TPSA) is 0 Å². The van der Waals surface area contributed by atoms with E-state index in [0.717, 1.165) is 0 Å². The summed E-state index contributed by atoms with van der Waals surface area (Å²) in [5.74, 6) is 0. The van der Waals surface area contributed by atoms with E-state index < -0.39 is 0 Å². The Labute approximate surface area is 103 Å². The molecular weight excluding hydrogens is 333 g/mol. The van der Waals surface area contributed by atoms with Gasteiger partial charge in [0.25, 0.3) is 0 Å². The molecule has 0 amide bonds. The Kier molecular flexibility index (Phi) is 10.5. The van der Waals surface area contributed by atoms with Crippen LogP contribution < -0.4 is 0 Å². The maximum absolute atomic E-state index is 2.19. The molecule has 0 saturated carbocycles. The first-order chi connectivity index (χ1) is 6.00. The van der Waals surface area contributed by atoms with Crippen molar-refractivity contribution < 1.29 is 17.1 Å². The zero-order chi connectivity index (χ0) is 8.49. The van der Waals surface area contributed by atoms with Crippen molar-refractivity contribution in [3.8, 4) is 0 Å². The van der Waals surface area contributed by atoms with Crippen molar-refractivity contribution in [2.45, 2.75) is 0 Å². The molecule has 13 heavy (non-hydrogen) atoms. The molecule has 3 heteroatoms. The smallest absolute Gasteiger partial charge is 2.00 e. The van der Waals surface area contributed by atoms with Gasteiger partial charge in [0.1, 0.15) is 0 Å². The van der Waals surface area contributed by atoms with Gasteiger partial charge in [-0.25, -0.2) is 0 Å². The van der Waals surface area contributed by atoms with E-state index in [2.05, 4.69) is 44.2 Å². The fraction of sp³-hybridized carbons (Fsp3) is 0. The molecule has 0 saturated heterocycles. The van der Waals surface area contributed by atoms with Crippen LogP contribution in [0.4, 0.5) is 0 Å². The molecule has 0 fully saturated rings. The summed E-state index contributed by atoms with van der Waals surface area (Å²) in [6, 6.07) is 0. The summed E-state index contributed by atoms with van der Waals surface area (Å²) in [6.07, 6.45) is 12.4. The van der Waals surface area contributed by atoms with E-state index in [-0.39, 0.29) is 17.1 Å². The molecule has 0 aliphatic carbocycles. The molecule has 0 bridgehead atoms. The van der Waals surface area contributed by atoms with E-state index in [1.54, 1.807) is 0 Å². The largest absolute Gasteiger partial charge is 2.00 e. The number of hydrogen-bond acceptors (Lipinski definition) is 0. The van der Waals surface area contributed by atoms with Crippen molar-refractivity contribution in [1.29, 1.82) is 0 Å². The molecular formula is C10H10MnSe2. The Bertz CT molecular complexity index is 153. The zero-order valence-electron chi connectivity index (χ0n) is 6.97. The minimum absolute atomic E-state index is 0. The monoisotopic (exact) mass is 345 g/mol. The van der Waals surface area contributed by atoms with Gasteiger partial charge in [-0.3, -0.25) is 0 Å². The summed E-state index contributed by atoms with van der Waals surface area (Å²) in [4.78, 5) is 8.75. The van der Waals surface area contributed by atoms with Crippen LogP contribution in [0.3, 0.4) is 0 Å². The van der Waals surface area contributed by atoms with E-state index in [1.807, 2.05) is 12.8 Å². The fourth-order valence-corrected chi connectivity index (χ4v) is 2.49. The molecule has 0 N–H and O–H groups in total.